The average Bonchev–Trinajstić information content (AvgIpc) is 2.65. The molecule has 3 rings (SSSR count). The van der Waals surface area contributed by atoms with E-state index in [0.29, 0.717) is 5.92 Å². The van der Waals surface area contributed by atoms with Gasteiger partial charge in [-0.25, -0.2) is 4.79 Å². The van der Waals surface area contributed by atoms with E-state index < -0.39 is 0 Å². The first-order valence-corrected chi connectivity index (χ1v) is 4.85. The zero-order valence-corrected chi connectivity index (χ0v) is 7.93. The van der Waals surface area contributed by atoms with Gasteiger partial charge >= 0.3 is 5.97 Å². The van der Waals surface area contributed by atoms with Gasteiger partial charge in [-0.3, -0.25) is 0 Å². The molecule has 4 atom stereocenters. The Morgan fingerprint density at radius 2 is 2.43 bits per heavy atom. The molecule has 0 saturated heterocycles. The van der Waals surface area contributed by atoms with Crippen molar-refractivity contribution in [1.29, 1.82) is 0 Å². The van der Waals surface area contributed by atoms with Crippen LogP contribution in [0.5, 0.6) is 0 Å². The fourth-order valence-electron chi connectivity index (χ4n) is 3.24. The summed E-state index contributed by atoms with van der Waals surface area (Å²) in [6, 6.07) is 0. The molecule has 0 aromatic rings. The number of aliphatic hydroxyl groups is 1. The van der Waals surface area contributed by atoms with Crippen LogP contribution in [0.4, 0.5) is 0 Å². The number of carbonyl (C=O) groups is 1. The molecule has 1 saturated carbocycles. The summed E-state index contributed by atoms with van der Waals surface area (Å²) in [5.74, 6) is 0.602. The van der Waals surface area contributed by atoms with Gasteiger partial charge in [0, 0.05) is 22.8 Å². The Morgan fingerprint density at radius 1 is 1.64 bits per heavy atom. The van der Waals surface area contributed by atoms with Gasteiger partial charge in [-0.2, -0.15) is 0 Å². The van der Waals surface area contributed by atoms with E-state index in [0.717, 1.165) is 5.57 Å². The zero-order valence-electron chi connectivity index (χ0n) is 7.93. The van der Waals surface area contributed by atoms with E-state index in [1.54, 1.807) is 0 Å². The van der Waals surface area contributed by atoms with Gasteiger partial charge in [0.2, 0.25) is 0 Å². The van der Waals surface area contributed by atoms with Crippen molar-refractivity contribution >= 4 is 5.97 Å². The second kappa shape index (κ2) is 2.28. The Kier molecular flexibility index (Phi) is 1.34. The molecule has 0 aromatic carbocycles. The highest BCUT2D eigenvalue weighted by Gasteiger charge is 2.73. The van der Waals surface area contributed by atoms with Crippen molar-refractivity contribution in [2.45, 2.75) is 0 Å². The minimum absolute atomic E-state index is 0.0659. The van der Waals surface area contributed by atoms with Crippen molar-refractivity contribution in [2.75, 3.05) is 13.7 Å². The van der Waals surface area contributed by atoms with Crippen LogP contribution >= 0.6 is 0 Å². The van der Waals surface area contributed by atoms with Crippen molar-refractivity contribution in [2.24, 2.45) is 23.2 Å². The number of fused-ring (bicyclic) bond motifs is 1. The highest BCUT2D eigenvalue weighted by molar-refractivity contribution is 5.92. The molecule has 3 heteroatoms. The Bertz CT molecular complexity index is 369. The highest BCUT2D eigenvalue weighted by atomic mass is 16.5. The third-order valence-corrected chi connectivity index (χ3v) is 3.99. The zero-order chi connectivity index (χ0) is 9.92. The minimum atomic E-state index is -0.235. The number of allylic oxidation sites excluding steroid dienone is 3. The fourth-order valence-corrected chi connectivity index (χ4v) is 3.24. The molecule has 0 aliphatic heterocycles. The minimum Gasteiger partial charge on any atom is -0.466 e. The van der Waals surface area contributed by atoms with Crippen LogP contribution in [0.3, 0.4) is 0 Å². The van der Waals surface area contributed by atoms with Gasteiger partial charge in [-0.15, -0.1) is 0 Å². The summed E-state index contributed by atoms with van der Waals surface area (Å²) < 4.78 is 4.73. The maximum atomic E-state index is 11.4. The summed E-state index contributed by atoms with van der Waals surface area (Å²) in [6.45, 7) is 0.164. The molecular formula is C11H12O3. The Hall–Kier alpha value is -1.09. The molecule has 4 unspecified atom stereocenters. The number of carbonyl (C=O) groups excluding carboxylic acids is 1. The van der Waals surface area contributed by atoms with E-state index in [1.165, 1.54) is 7.11 Å². The molecule has 1 fully saturated rings. The third kappa shape index (κ3) is 0.640. The van der Waals surface area contributed by atoms with Gasteiger partial charge in [0.25, 0.3) is 0 Å². The average molecular weight is 192 g/mol. The van der Waals surface area contributed by atoms with Crippen molar-refractivity contribution in [1.82, 2.24) is 0 Å². The van der Waals surface area contributed by atoms with E-state index in [9.17, 15) is 9.90 Å². The predicted octanol–water partition coefficient (Wildman–Crippen LogP) is 0.510. The fraction of sp³-hybridized carbons (Fsp3) is 0.545. The van der Waals surface area contributed by atoms with Crippen LogP contribution in [0.25, 0.3) is 0 Å². The molecule has 1 N–H and O–H groups in total. The van der Waals surface area contributed by atoms with Crippen LogP contribution in [-0.4, -0.2) is 24.8 Å². The number of ether oxygens (including phenoxy) is 1. The molecule has 0 spiro atoms. The van der Waals surface area contributed by atoms with E-state index in [1.807, 2.05) is 6.08 Å². The first-order valence-electron chi connectivity index (χ1n) is 4.85. The Morgan fingerprint density at radius 3 is 2.93 bits per heavy atom. The van der Waals surface area contributed by atoms with Gasteiger partial charge in [0.1, 0.15) is 0 Å². The Balaban J connectivity index is 1.96. The number of methoxy groups -OCH3 is 1. The summed E-state index contributed by atoms with van der Waals surface area (Å²) in [7, 11) is 1.40. The largest absolute Gasteiger partial charge is 0.466 e. The lowest BCUT2D eigenvalue weighted by Crippen LogP contribution is -2.15. The molecule has 0 bridgehead atoms. The van der Waals surface area contributed by atoms with E-state index in [4.69, 9.17) is 4.74 Å². The van der Waals surface area contributed by atoms with Crippen LogP contribution < -0.4 is 0 Å². The van der Waals surface area contributed by atoms with Gasteiger partial charge in [0.05, 0.1) is 13.7 Å². The van der Waals surface area contributed by atoms with Crippen LogP contribution in [0.2, 0.25) is 0 Å². The molecule has 3 aliphatic carbocycles. The topological polar surface area (TPSA) is 46.5 Å². The van der Waals surface area contributed by atoms with Crippen molar-refractivity contribution in [3.8, 4) is 0 Å². The standard InChI is InChI=1S/C11H12O3/c1-14-10(13)7-4-6-2-3-8-9(7)11(6,8)5-12/h2-4,6,8-9,12H,5H2,1H3. The Labute approximate surface area is 82.1 Å². The van der Waals surface area contributed by atoms with Crippen LogP contribution in [0.1, 0.15) is 0 Å². The first-order chi connectivity index (χ1) is 6.75. The van der Waals surface area contributed by atoms with Gasteiger partial charge in [0.15, 0.2) is 0 Å². The van der Waals surface area contributed by atoms with Crippen LogP contribution in [-0.2, 0) is 9.53 Å². The number of aliphatic hydroxyl groups excluding tert-OH is 1. The lowest BCUT2D eigenvalue weighted by molar-refractivity contribution is -0.136. The summed E-state index contributed by atoms with van der Waals surface area (Å²) >= 11 is 0. The van der Waals surface area contributed by atoms with E-state index in [-0.39, 0.29) is 29.8 Å². The van der Waals surface area contributed by atoms with Crippen LogP contribution in [0, 0.1) is 23.2 Å². The molecule has 3 nitrogen and oxygen atoms in total. The summed E-state index contributed by atoms with van der Waals surface area (Å²) in [4.78, 5) is 11.4. The van der Waals surface area contributed by atoms with Crippen molar-refractivity contribution in [3.63, 3.8) is 0 Å². The molecule has 0 radical (unpaired) electrons. The van der Waals surface area contributed by atoms with Crippen LogP contribution in [0.15, 0.2) is 23.8 Å². The summed E-state index contributed by atoms with van der Waals surface area (Å²) in [5, 5.41) is 9.39. The maximum Gasteiger partial charge on any atom is 0.333 e. The number of rotatable bonds is 2. The quantitative estimate of drug-likeness (QED) is 0.512. The SMILES string of the molecule is COC(=O)C1=CC2C=CC3C1C23CO. The van der Waals surface area contributed by atoms with Gasteiger partial charge < -0.3 is 9.84 Å². The number of esters is 1. The third-order valence-electron chi connectivity index (χ3n) is 3.99. The van der Waals surface area contributed by atoms with Crippen molar-refractivity contribution < 1.29 is 14.6 Å². The number of hydrogen-bond donors (Lipinski definition) is 1. The van der Waals surface area contributed by atoms with Crippen molar-refractivity contribution in [3.05, 3.63) is 23.8 Å². The molecule has 14 heavy (non-hydrogen) atoms. The van der Waals surface area contributed by atoms with Gasteiger partial charge in [-0.1, -0.05) is 18.2 Å². The normalized spacial score (nSPS) is 46.1. The van der Waals surface area contributed by atoms with Gasteiger partial charge in [-0.05, 0) is 5.92 Å². The lowest BCUT2D eigenvalue weighted by Gasteiger charge is -2.12. The lowest BCUT2D eigenvalue weighted by atomic mass is 9.94. The van der Waals surface area contributed by atoms with E-state index >= 15 is 0 Å². The second-order valence-electron chi connectivity index (χ2n) is 4.30. The molecule has 0 amide bonds. The highest BCUT2D eigenvalue weighted by Crippen LogP contribution is 2.74. The monoisotopic (exact) mass is 192 g/mol. The first kappa shape index (κ1) is 8.24. The van der Waals surface area contributed by atoms with E-state index in [2.05, 4.69) is 12.2 Å². The maximum absolute atomic E-state index is 11.4. The summed E-state index contributed by atoms with van der Waals surface area (Å²) in [5.41, 5.74) is 0.699. The smallest absolute Gasteiger partial charge is 0.333 e. The molecular weight excluding hydrogens is 180 g/mol. The number of hydrogen-bond acceptors (Lipinski definition) is 3. The molecule has 0 heterocycles. The predicted molar refractivity (Wildman–Crippen MR) is 49.2 cm³/mol. The summed E-state index contributed by atoms with van der Waals surface area (Å²) in [6.07, 6.45) is 6.16. The second-order valence-corrected chi connectivity index (χ2v) is 4.30. The molecule has 74 valence electrons. The molecule has 3 aliphatic rings. The molecule has 0 aromatic heterocycles.